The SMILES string of the molecule is Cc1cncc(N2CCCC(C(=O)N3CCc4ccccc4C3)C2)n1. The smallest absolute Gasteiger partial charge is 0.227 e. The molecule has 1 aromatic carbocycles. The Kier molecular flexibility index (Phi) is 4.38. The molecule has 0 spiro atoms. The van der Waals surface area contributed by atoms with Gasteiger partial charge >= 0.3 is 0 Å². The first-order valence-electron chi connectivity index (χ1n) is 9.10. The molecule has 5 heteroatoms. The van der Waals surface area contributed by atoms with E-state index in [0.717, 1.165) is 57.0 Å². The average Bonchev–Trinajstić information content (AvgIpc) is 2.67. The molecule has 1 amide bonds. The van der Waals surface area contributed by atoms with E-state index in [1.165, 1.54) is 11.1 Å². The first kappa shape index (κ1) is 16.1. The maximum absolute atomic E-state index is 13.1. The number of fused-ring (bicyclic) bond motifs is 1. The highest BCUT2D eigenvalue weighted by atomic mass is 16.2. The monoisotopic (exact) mass is 336 g/mol. The Labute approximate surface area is 148 Å². The zero-order valence-corrected chi connectivity index (χ0v) is 14.7. The van der Waals surface area contributed by atoms with Crippen LogP contribution in [0.5, 0.6) is 0 Å². The summed E-state index contributed by atoms with van der Waals surface area (Å²) in [5, 5.41) is 0. The summed E-state index contributed by atoms with van der Waals surface area (Å²) in [7, 11) is 0. The lowest BCUT2D eigenvalue weighted by Crippen LogP contribution is -2.46. The van der Waals surface area contributed by atoms with E-state index in [-0.39, 0.29) is 5.92 Å². The lowest BCUT2D eigenvalue weighted by atomic mass is 9.94. The van der Waals surface area contributed by atoms with Gasteiger partial charge in [0.15, 0.2) is 0 Å². The van der Waals surface area contributed by atoms with Crippen LogP contribution in [-0.2, 0) is 17.8 Å². The number of carbonyl (C=O) groups excluding carboxylic acids is 1. The van der Waals surface area contributed by atoms with Gasteiger partial charge in [-0.05, 0) is 37.3 Å². The number of rotatable bonds is 2. The van der Waals surface area contributed by atoms with Crippen molar-refractivity contribution < 1.29 is 4.79 Å². The minimum absolute atomic E-state index is 0.0568. The van der Waals surface area contributed by atoms with Gasteiger partial charge in [-0.15, -0.1) is 0 Å². The number of amides is 1. The number of aromatic nitrogens is 2. The molecule has 1 saturated heterocycles. The molecule has 4 rings (SSSR count). The zero-order valence-electron chi connectivity index (χ0n) is 14.7. The maximum atomic E-state index is 13.1. The van der Waals surface area contributed by atoms with Crippen LogP contribution in [0.3, 0.4) is 0 Å². The van der Waals surface area contributed by atoms with Crippen molar-refractivity contribution in [1.82, 2.24) is 14.9 Å². The Bertz CT molecular complexity index is 776. The van der Waals surface area contributed by atoms with E-state index in [1.54, 1.807) is 12.4 Å². The molecule has 0 radical (unpaired) electrons. The summed E-state index contributed by atoms with van der Waals surface area (Å²) in [6, 6.07) is 8.46. The van der Waals surface area contributed by atoms with E-state index in [2.05, 4.69) is 39.1 Å². The highest BCUT2D eigenvalue weighted by molar-refractivity contribution is 5.80. The molecule has 0 saturated carbocycles. The minimum Gasteiger partial charge on any atom is -0.355 e. The molecule has 5 nitrogen and oxygen atoms in total. The van der Waals surface area contributed by atoms with Crippen molar-refractivity contribution in [1.29, 1.82) is 0 Å². The number of nitrogens with zero attached hydrogens (tertiary/aromatic N) is 4. The molecule has 0 N–H and O–H groups in total. The van der Waals surface area contributed by atoms with E-state index in [4.69, 9.17) is 0 Å². The van der Waals surface area contributed by atoms with Crippen LogP contribution in [0, 0.1) is 12.8 Å². The van der Waals surface area contributed by atoms with Crippen molar-refractivity contribution in [3.8, 4) is 0 Å². The quantitative estimate of drug-likeness (QED) is 0.846. The third kappa shape index (κ3) is 3.36. The van der Waals surface area contributed by atoms with Crippen LogP contribution in [0.15, 0.2) is 36.7 Å². The number of piperidine rings is 1. The Morgan fingerprint density at radius 1 is 1.16 bits per heavy atom. The Morgan fingerprint density at radius 2 is 2.00 bits per heavy atom. The highest BCUT2D eigenvalue weighted by Crippen LogP contribution is 2.26. The van der Waals surface area contributed by atoms with Crippen molar-refractivity contribution in [3.05, 3.63) is 53.5 Å². The molecule has 0 aliphatic carbocycles. The Morgan fingerprint density at radius 3 is 2.84 bits per heavy atom. The summed E-state index contributed by atoms with van der Waals surface area (Å²) in [6.45, 7) is 5.22. The number of hydrogen-bond donors (Lipinski definition) is 0. The first-order chi connectivity index (χ1) is 12.2. The van der Waals surface area contributed by atoms with Crippen LogP contribution in [0.1, 0.15) is 29.7 Å². The predicted molar refractivity (Wildman–Crippen MR) is 97.3 cm³/mol. The molecule has 1 fully saturated rings. The number of benzene rings is 1. The van der Waals surface area contributed by atoms with Crippen LogP contribution < -0.4 is 4.90 Å². The van der Waals surface area contributed by atoms with E-state index in [1.807, 2.05) is 11.8 Å². The van der Waals surface area contributed by atoms with Gasteiger partial charge in [-0.25, -0.2) is 4.98 Å². The zero-order chi connectivity index (χ0) is 17.2. The van der Waals surface area contributed by atoms with Crippen molar-refractivity contribution >= 4 is 11.7 Å². The van der Waals surface area contributed by atoms with Crippen LogP contribution in [0.2, 0.25) is 0 Å². The summed E-state index contributed by atoms with van der Waals surface area (Å²) >= 11 is 0. The second kappa shape index (κ2) is 6.82. The summed E-state index contributed by atoms with van der Waals surface area (Å²) in [5.41, 5.74) is 3.59. The van der Waals surface area contributed by atoms with Crippen molar-refractivity contribution in [2.24, 2.45) is 5.92 Å². The summed E-state index contributed by atoms with van der Waals surface area (Å²) < 4.78 is 0. The largest absolute Gasteiger partial charge is 0.355 e. The number of aryl methyl sites for hydroxylation is 1. The van der Waals surface area contributed by atoms with Crippen LogP contribution in [0.4, 0.5) is 5.82 Å². The molecule has 2 aliphatic heterocycles. The predicted octanol–water partition coefficient (Wildman–Crippen LogP) is 2.59. The van der Waals surface area contributed by atoms with Crippen molar-refractivity contribution in [3.63, 3.8) is 0 Å². The van der Waals surface area contributed by atoms with Gasteiger partial charge in [0, 0.05) is 32.4 Å². The third-order valence-electron chi connectivity index (χ3n) is 5.28. The van der Waals surface area contributed by atoms with Gasteiger partial charge < -0.3 is 9.80 Å². The number of carbonyl (C=O) groups is 1. The fraction of sp³-hybridized carbons (Fsp3) is 0.450. The molecule has 25 heavy (non-hydrogen) atoms. The Hall–Kier alpha value is -2.43. The van der Waals surface area contributed by atoms with E-state index >= 15 is 0 Å². The summed E-state index contributed by atoms with van der Waals surface area (Å²) in [4.78, 5) is 26.1. The topological polar surface area (TPSA) is 49.3 Å². The van der Waals surface area contributed by atoms with Gasteiger partial charge in [-0.2, -0.15) is 0 Å². The molecule has 2 aromatic rings. The summed E-state index contributed by atoms with van der Waals surface area (Å²) in [5.74, 6) is 1.24. The molecule has 0 bridgehead atoms. The lowest BCUT2D eigenvalue weighted by molar-refractivity contribution is -0.136. The van der Waals surface area contributed by atoms with Gasteiger partial charge in [-0.1, -0.05) is 24.3 Å². The molecule has 2 aliphatic rings. The molecule has 1 unspecified atom stereocenters. The minimum atomic E-state index is 0.0568. The molecule has 1 aromatic heterocycles. The van der Waals surface area contributed by atoms with Crippen LogP contribution in [0.25, 0.3) is 0 Å². The van der Waals surface area contributed by atoms with Crippen LogP contribution in [-0.4, -0.2) is 40.4 Å². The fourth-order valence-corrected chi connectivity index (χ4v) is 3.93. The maximum Gasteiger partial charge on any atom is 0.227 e. The van der Waals surface area contributed by atoms with E-state index < -0.39 is 0 Å². The van der Waals surface area contributed by atoms with Crippen LogP contribution >= 0.6 is 0 Å². The number of anilines is 1. The lowest BCUT2D eigenvalue weighted by Gasteiger charge is -2.37. The highest BCUT2D eigenvalue weighted by Gasteiger charge is 2.31. The van der Waals surface area contributed by atoms with Crippen molar-refractivity contribution in [2.75, 3.05) is 24.5 Å². The van der Waals surface area contributed by atoms with Gasteiger partial charge in [0.25, 0.3) is 0 Å². The van der Waals surface area contributed by atoms with Gasteiger partial charge in [0.1, 0.15) is 5.82 Å². The van der Waals surface area contributed by atoms with Crippen molar-refractivity contribution in [2.45, 2.75) is 32.7 Å². The third-order valence-corrected chi connectivity index (χ3v) is 5.28. The fourth-order valence-electron chi connectivity index (χ4n) is 3.93. The Balaban J connectivity index is 1.45. The average molecular weight is 336 g/mol. The van der Waals surface area contributed by atoms with Gasteiger partial charge in [-0.3, -0.25) is 9.78 Å². The number of hydrogen-bond acceptors (Lipinski definition) is 4. The second-order valence-electron chi connectivity index (χ2n) is 7.08. The van der Waals surface area contributed by atoms with Gasteiger partial charge in [0.2, 0.25) is 5.91 Å². The second-order valence-corrected chi connectivity index (χ2v) is 7.08. The standard InChI is InChI=1S/C20H24N4O/c1-15-11-21-12-19(22-15)23-9-4-7-18(14-23)20(25)24-10-8-16-5-2-3-6-17(16)13-24/h2-3,5-6,11-12,18H,4,7-10,13-14H2,1H3. The molecule has 3 heterocycles. The summed E-state index contributed by atoms with van der Waals surface area (Å²) in [6.07, 6.45) is 6.52. The van der Waals surface area contributed by atoms with E-state index in [0.29, 0.717) is 5.91 Å². The van der Waals surface area contributed by atoms with Gasteiger partial charge in [0.05, 0.1) is 17.8 Å². The molecular weight excluding hydrogens is 312 g/mol. The normalized spacial score (nSPS) is 20.3. The van der Waals surface area contributed by atoms with E-state index in [9.17, 15) is 4.79 Å². The molecular formula is C20H24N4O. The molecule has 130 valence electrons. The molecule has 1 atom stereocenters. The first-order valence-corrected chi connectivity index (χ1v) is 9.10.